The van der Waals surface area contributed by atoms with Crippen LogP contribution in [0.25, 0.3) is 11.4 Å². The highest BCUT2D eigenvalue weighted by Gasteiger charge is 2.37. The SMILES string of the molecule is CCC(=O)c1cnc(Nc2cnc(OCCN3CCC(F)(F)C3)cn2)cc1Nc1cccc(-c2ncn(C)n2)c1OC. The molecule has 1 aromatic carbocycles. The van der Waals surface area contributed by atoms with E-state index in [4.69, 9.17) is 9.47 Å². The first kappa shape index (κ1) is 28.8. The quantitative estimate of drug-likeness (QED) is 0.230. The first-order valence-corrected chi connectivity index (χ1v) is 13.4. The van der Waals surface area contributed by atoms with Crippen LogP contribution in [0, 0.1) is 0 Å². The first-order valence-electron chi connectivity index (χ1n) is 13.4. The number of ether oxygens (including phenoxy) is 2. The largest absolute Gasteiger partial charge is 0.494 e. The average Bonchev–Trinajstić information content (AvgIpc) is 3.57. The van der Waals surface area contributed by atoms with Gasteiger partial charge in [0, 0.05) is 45.2 Å². The summed E-state index contributed by atoms with van der Waals surface area (Å²) in [5.41, 5.74) is 2.24. The second-order valence-electron chi connectivity index (χ2n) is 9.74. The van der Waals surface area contributed by atoms with E-state index < -0.39 is 5.92 Å². The molecule has 12 nitrogen and oxygen atoms in total. The molecule has 1 aliphatic heterocycles. The maximum absolute atomic E-state index is 13.3. The Kier molecular flexibility index (Phi) is 8.52. The zero-order valence-electron chi connectivity index (χ0n) is 23.5. The number of carbonyl (C=O) groups excluding carboxylic acids is 1. The molecule has 220 valence electrons. The Bertz CT molecular complexity index is 1550. The lowest BCUT2D eigenvalue weighted by molar-refractivity contribution is 0.0112. The summed E-state index contributed by atoms with van der Waals surface area (Å²) in [5.74, 6) is -0.600. The van der Waals surface area contributed by atoms with Crippen LogP contribution in [-0.4, -0.2) is 79.7 Å². The molecule has 0 unspecified atom stereocenters. The highest BCUT2D eigenvalue weighted by Crippen LogP contribution is 2.37. The van der Waals surface area contributed by atoms with E-state index in [2.05, 4.69) is 35.7 Å². The zero-order chi connectivity index (χ0) is 29.7. The van der Waals surface area contributed by atoms with Crippen LogP contribution in [-0.2, 0) is 7.05 Å². The van der Waals surface area contributed by atoms with Crippen molar-refractivity contribution in [2.24, 2.45) is 7.05 Å². The molecular formula is C28H31F2N9O3. The van der Waals surface area contributed by atoms with Crippen molar-refractivity contribution < 1.29 is 23.0 Å². The van der Waals surface area contributed by atoms with Gasteiger partial charge in [-0.25, -0.2) is 28.7 Å². The first-order chi connectivity index (χ1) is 20.2. The molecule has 0 amide bonds. The predicted octanol–water partition coefficient (Wildman–Crippen LogP) is 4.48. The number of alkyl halides is 2. The van der Waals surface area contributed by atoms with Crippen LogP contribution >= 0.6 is 0 Å². The number of likely N-dealkylation sites (tertiary alicyclic amines) is 1. The van der Waals surface area contributed by atoms with E-state index in [1.54, 1.807) is 43.1 Å². The molecule has 4 aromatic rings. The molecule has 1 aliphatic rings. The summed E-state index contributed by atoms with van der Waals surface area (Å²) >= 11 is 0. The van der Waals surface area contributed by atoms with Crippen molar-refractivity contribution in [3.05, 3.63) is 54.7 Å². The number of anilines is 4. The maximum atomic E-state index is 13.3. The predicted molar refractivity (Wildman–Crippen MR) is 152 cm³/mol. The fourth-order valence-electron chi connectivity index (χ4n) is 4.54. The monoisotopic (exact) mass is 579 g/mol. The third-order valence-corrected chi connectivity index (χ3v) is 6.64. The minimum absolute atomic E-state index is 0.0861. The van der Waals surface area contributed by atoms with Gasteiger partial charge in [-0.1, -0.05) is 13.0 Å². The smallest absolute Gasteiger partial charge is 0.261 e. The van der Waals surface area contributed by atoms with Crippen molar-refractivity contribution in [3.8, 4) is 23.0 Å². The number of aromatic nitrogens is 6. The summed E-state index contributed by atoms with van der Waals surface area (Å²) in [5, 5.41) is 10.8. The third kappa shape index (κ3) is 6.77. The summed E-state index contributed by atoms with van der Waals surface area (Å²) in [6, 6.07) is 7.23. The van der Waals surface area contributed by atoms with Crippen LogP contribution < -0.4 is 20.1 Å². The van der Waals surface area contributed by atoms with Gasteiger partial charge >= 0.3 is 0 Å². The number of ketones is 1. The summed E-state index contributed by atoms with van der Waals surface area (Å²) in [6.45, 7) is 2.48. The standard InChI is InChI=1S/C28H31F2N9O3/c1-4-22(40)19-13-31-23(36-24-14-33-25(15-32-24)42-11-10-39-9-8-28(29,30)16-39)12-21(19)35-20-7-5-6-18(26(20)41-3)27-34-17-38(2)37-27/h5-7,12-15,17H,4,8-11,16H2,1-3H3,(H2,31,32,35,36). The molecule has 0 atom stereocenters. The van der Waals surface area contributed by atoms with Crippen LogP contribution in [0.1, 0.15) is 30.1 Å². The van der Waals surface area contributed by atoms with Gasteiger partial charge < -0.3 is 20.1 Å². The number of rotatable bonds is 12. The van der Waals surface area contributed by atoms with Gasteiger partial charge in [-0.05, 0) is 12.1 Å². The van der Waals surface area contributed by atoms with Crippen LogP contribution in [0.3, 0.4) is 0 Å². The van der Waals surface area contributed by atoms with Crippen LogP contribution in [0.5, 0.6) is 11.6 Å². The van der Waals surface area contributed by atoms with E-state index in [0.29, 0.717) is 65.2 Å². The summed E-state index contributed by atoms with van der Waals surface area (Å²) < 4.78 is 39.6. The van der Waals surface area contributed by atoms with Gasteiger partial charge in [-0.2, -0.15) is 5.10 Å². The number of para-hydroxylation sites is 1. The number of benzene rings is 1. The fourth-order valence-corrected chi connectivity index (χ4v) is 4.54. The molecule has 1 saturated heterocycles. The number of hydrogen-bond donors (Lipinski definition) is 2. The number of nitrogens with one attached hydrogen (secondary N) is 2. The van der Waals surface area contributed by atoms with Gasteiger partial charge in [0.15, 0.2) is 17.4 Å². The second-order valence-corrected chi connectivity index (χ2v) is 9.74. The Labute approximate surface area is 241 Å². The lowest BCUT2D eigenvalue weighted by Crippen LogP contribution is -2.29. The van der Waals surface area contributed by atoms with Gasteiger partial charge in [-0.15, -0.1) is 0 Å². The zero-order valence-corrected chi connectivity index (χ0v) is 23.5. The topological polar surface area (TPSA) is 132 Å². The molecule has 0 radical (unpaired) electrons. The number of hydrogen-bond acceptors (Lipinski definition) is 11. The number of methoxy groups -OCH3 is 1. The van der Waals surface area contributed by atoms with Crippen LogP contribution in [0.4, 0.5) is 31.8 Å². The molecule has 4 heterocycles. The molecule has 0 saturated carbocycles. The second kappa shape index (κ2) is 12.4. The Balaban J connectivity index is 1.30. The molecule has 42 heavy (non-hydrogen) atoms. The highest BCUT2D eigenvalue weighted by molar-refractivity contribution is 6.02. The van der Waals surface area contributed by atoms with Gasteiger partial charge in [0.25, 0.3) is 5.92 Å². The minimum Gasteiger partial charge on any atom is -0.494 e. The Morgan fingerprint density at radius 1 is 1.07 bits per heavy atom. The van der Waals surface area contributed by atoms with Crippen LogP contribution in [0.15, 0.2) is 49.2 Å². The molecule has 0 bridgehead atoms. The van der Waals surface area contributed by atoms with Crippen molar-refractivity contribution >= 4 is 28.8 Å². The van der Waals surface area contributed by atoms with E-state index in [-0.39, 0.29) is 31.2 Å². The number of nitrogens with zero attached hydrogens (tertiary/aromatic N) is 7. The number of carbonyl (C=O) groups is 1. The molecule has 1 fully saturated rings. The Hall–Kier alpha value is -4.72. The number of halogens is 2. The number of aryl methyl sites for hydroxylation is 1. The number of pyridine rings is 1. The normalized spacial score (nSPS) is 14.5. The third-order valence-electron chi connectivity index (χ3n) is 6.64. The Morgan fingerprint density at radius 2 is 1.90 bits per heavy atom. The summed E-state index contributed by atoms with van der Waals surface area (Å²) in [6.07, 6.45) is 6.19. The summed E-state index contributed by atoms with van der Waals surface area (Å²) in [7, 11) is 3.34. The van der Waals surface area contributed by atoms with Crippen molar-refractivity contribution in [2.45, 2.75) is 25.7 Å². The Morgan fingerprint density at radius 3 is 2.57 bits per heavy atom. The van der Waals surface area contributed by atoms with Crippen molar-refractivity contribution in [2.75, 3.05) is 44.0 Å². The lowest BCUT2D eigenvalue weighted by Gasteiger charge is -2.17. The van der Waals surface area contributed by atoms with Gasteiger partial charge in [-0.3, -0.25) is 14.4 Å². The molecule has 5 rings (SSSR count). The van der Waals surface area contributed by atoms with E-state index in [0.717, 1.165) is 0 Å². The van der Waals surface area contributed by atoms with E-state index in [1.807, 2.05) is 18.2 Å². The molecule has 0 aliphatic carbocycles. The van der Waals surface area contributed by atoms with Crippen molar-refractivity contribution in [3.63, 3.8) is 0 Å². The van der Waals surface area contributed by atoms with Gasteiger partial charge in [0.05, 0.1) is 48.5 Å². The maximum Gasteiger partial charge on any atom is 0.261 e. The van der Waals surface area contributed by atoms with Crippen molar-refractivity contribution in [1.29, 1.82) is 0 Å². The molecule has 3 aromatic heterocycles. The summed E-state index contributed by atoms with van der Waals surface area (Å²) in [4.78, 5) is 31.7. The van der Waals surface area contributed by atoms with Crippen molar-refractivity contribution in [1.82, 2.24) is 34.6 Å². The minimum atomic E-state index is -2.63. The van der Waals surface area contributed by atoms with E-state index in [1.165, 1.54) is 18.6 Å². The highest BCUT2D eigenvalue weighted by atomic mass is 19.3. The van der Waals surface area contributed by atoms with E-state index >= 15 is 0 Å². The number of Topliss-reactive ketones (excluding diaryl/α,β-unsaturated/α-hetero) is 1. The van der Waals surface area contributed by atoms with Gasteiger partial charge in [0.2, 0.25) is 5.88 Å². The van der Waals surface area contributed by atoms with Crippen LogP contribution in [0.2, 0.25) is 0 Å². The van der Waals surface area contributed by atoms with Gasteiger partial charge in [0.1, 0.15) is 24.6 Å². The molecule has 2 N–H and O–H groups in total. The lowest BCUT2D eigenvalue weighted by atomic mass is 10.1. The molecule has 0 spiro atoms. The average molecular weight is 580 g/mol. The fraction of sp³-hybridized carbons (Fsp3) is 0.357. The molecule has 14 heteroatoms. The molecular weight excluding hydrogens is 548 g/mol. The van der Waals surface area contributed by atoms with E-state index in [9.17, 15) is 13.6 Å².